The van der Waals surface area contributed by atoms with E-state index in [-0.39, 0.29) is 17.3 Å². The summed E-state index contributed by atoms with van der Waals surface area (Å²) in [6.45, 7) is 1.97. The van der Waals surface area contributed by atoms with Gasteiger partial charge in [-0.2, -0.15) is 5.10 Å². The van der Waals surface area contributed by atoms with Crippen molar-refractivity contribution in [3.05, 3.63) is 111 Å². The van der Waals surface area contributed by atoms with Gasteiger partial charge in [-0.25, -0.2) is 4.39 Å². The molecule has 4 aromatic rings. The summed E-state index contributed by atoms with van der Waals surface area (Å²) in [5.74, 6) is -0.830. The molecule has 0 spiro atoms. The van der Waals surface area contributed by atoms with Gasteiger partial charge in [0.2, 0.25) is 0 Å². The van der Waals surface area contributed by atoms with Gasteiger partial charge in [0.05, 0.1) is 22.2 Å². The highest BCUT2D eigenvalue weighted by Crippen LogP contribution is 2.47. The van der Waals surface area contributed by atoms with Gasteiger partial charge in [0.15, 0.2) is 0 Å². The van der Waals surface area contributed by atoms with Crippen molar-refractivity contribution in [2.45, 2.75) is 13.0 Å². The number of hydrogen-bond donors (Lipinski definition) is 1. The van der Waals surface area contributed by atoms with Crippen molar-refractivity contribution in [2.24, 2.45) is 0 Å². The highest BCUT2D eigenvalue weighted by atomic mass is 19.1. The molecular formula is C24H17FN4O3. The third-order valence-electron chi connectivity index (χ3n) is 5.63. The summed E-state index contributed by atoms with van der Waals surface area (Å²) in [5, 5.41) is 19.0. The van der Waals surface area contributed by atoms with Crippen molar-refractivity contribution < 1.29 is 14.1 Å². The Balaban J connectivity index is 1.77. The molecule has 1 aliphatic rings. The number of anilines is 1. The molecule has 8 heteroatoms. The smallest absolute Gasteiger partial charge is 0.277 e. The summed E-state index contributed by atoms with van der Waals surface area (Å²) >= 11 is 0. The first-order chi connectivity index (χ1) is 15.5. The predicted molar refractivity (Wildman–Crippen MR) is 117 cm³/mol. The number of carbonyl (C=O) groups excluding carboxylic acids is 1. The van der Waals surface area contributed by atoms with Crippen LogP contribution in [-0.4, -0.2) is 21.0 Å². The van der Waals surface area contributed by atoms with Gasteiger partial charge < -0.3 is 0 Å². The molecule has 2 heterocycles. The zero-order valence-corrected chi connectivity index (χ0v) is 16.9. The van der Waals surface area contributed by atoms with Crippen LogP contribution in [0.4, 0.5) is 15.8 Å². The van der Waals surface area contributed by atoms with Crippen molar-refractivity contribution in [1.82, 2.24) is 10.2 Å². The largest absolute Gasteiger partial charge is 0.295 e. The van der Waals surface area contributed by atoms with Gasteiger partial charge in [-0.05, 0) is 37.3 Å². The number of amides is 1. The Morgan fingerprint density at radius 2 is 1.72 bits per heavy atom. The fourth-order valence-corrected chi connectivity index (χ4v) is 4.13. The van der Waals surface area contributed by atoms with Gasteiger partial charge in [0, 0.05) is 22.9 Å². The number of carbonyl (C=O) groups is 1. The van der Waals surface area contributed by atoms with E-state index in [1.165, 1.54) is 35.2 Å². The quantitative estimate of drug-likeness (QED) is 0.358. The topological polar surface area (TPSA) is 92.1 Å². The van der Waals surface area contributed by atoms with Crippen LogP contribution in [0.1, 0.15) is 33.2 Å². The van der Waals surface area contributed by atoms with Gasteiger partial charge >= 0.3 is 0 Å². The summed E-state index contributed by atoms with van der Waals surface area (Å²) in [6, 6.07) is 18.7. The number of aromatic amines is 1. The van der Waals surface area contributed by atoms with Crippen molar-refractivity contribution >= 4 is 17.3 Å². The maximum Gasteiger partial charge on any atom is 0.277 e. The summed E-state index contributed by atoms with van der Waals surface area (Å²) in [6.07, 6.45) is 0. The first kappa shape index (κ1) is 19.6. The number of aryl methyl sites for hydroxylation is 1. The molecule has 1 aromatic heterocycles. The number of nitro groups is 1. The first-order valence-electron chi connectivity index (χ1n) is 9.93. The van der Waals surface area contributed by atoms with Gasteiger partial charge in [-0.3, -0.25) is 24.9 Å². The number of fused-ring (bicyclic) bond motifs is 1. The normalized spacial score (nSPS) is 15.1. The molecule has 1 aliphatic heterocycles. The lowest BCUT2D eigenvalue weighted by Crippen LogP contribution is -2.29. The number of aromatic nitrogens is 2. The Morgan fingerprint density at radius 1 is 1.03 bits per heavy atom. The second-order valence-corrected chi connectivity index (χ2v) is 7.60. The van der Waals surface area contributed by atoms with E-state index in [0.29, 0.717) is 22.5 Å². The van der Waals surface area contributed by atoms with E-state index >= 15 is 0 Å². The maximum absolute atomic E-state index is 13.6. The highest BCUT2D eigenvalue weighted by molar-refractivity contribution is 6.12. The Morgan fingerprint density at radius 3 is 2.41 bits per heavy atom. The molecule has 0 saturated carbocycles. The number of rotatable bonds is 4. The lowest BCUT2D eigenvalue weighted by Gasteiger charge is -2.26. The lowest BCUT2D eigenvalue weighted by atomic mass is 9.94. The van der Waals surface area contributed by atoms with Crippen molar-refractivity contribution in [2.75, 3.05) is 4.90 Å². The summed E-state index contributed by atoms with van der Waals surface area (Å²) in [5.41, 5.74) is 3.88. The molecule has 0 fully saturated rings. The Bertz CT molecular complexity index is 1350. The summed E-state index contributed by atoms with van der Waals surface area (Å²) in [7, 11) is 0. The number of benzene rings is 3. The second kappa shape index (κ2) is 7.42. The molecule has 1 atom stereocenters. The predicted octanol–water partition coefficient (Wildman–Crippen LogP) is 5.18. The van der Waals surface area contributed by atoms with E-state index in [4.69, 9.17) is 0 Å². The highest BCUT2D eigenvalue weighted by Gasteiger charge is 2.45. The number of halogens is 1. The third-order valence-corrected chi connectivity index (χ3v) is 5.63. The van der Waals surface area contributed by atoms with Crippen LogP contribution in [0, 0.1) is 22.9 Å². The van der Waals surface area contributed by atoms with E-state index in [1.54, 1.807) is 18.2 Å². The molecule has 32 heavy (non-hydrogen) atoms. The average molecular weight is 428 g/mol. The summed E-state index contributed by atoms with van der Waals surface area (Å²) < 4.78 is 13.6. The van der Waals surface area contributed by atoms with Crippen LogP contribution in [0.5, 0.6) is 0 Å². The fraction of sp³-hybridized carbons (Fsp3) is 0.0833. The standard InChI is InChI=1S/C24H17FN4O3/c1-14-6-8-15(9-7-14)21-20-22(27-26-21)24(30)28(17-12-10-16(25)11-13-17)23(20)18-4-2-3-5-19(18)29(31)32/h2-13,23H,1H3,(H,26,27)/t23-/m0/s1. The van der Waals surface area contributed by atoms with Gasteiger partial charge in [0.25, 0.3) is 11.6 Å². The minimum Gasteiger partial charge on any atom is -0.295 e. The van der Waals surface area contributed by atoms with Crippen LogP contribution in [0.2, 0.25) is 0 Å². The lowest BCUT2D eigenvalue weighted by molar-refractivity contribution is -0.385. The number of nitro benzene ring substituents is 1. The molecule has 158 valence electrons. The van der Waals surface area contributed by atoms with Gasteiger partial charge in [-0.15, -0.1) is 0 Å². The van der Waals surface area contributed by atoms with Crippen molar-refractivity contribution in [3.8, 4) is 11.3 Å². The van der Waals surface area contributed by atoms with E-state index in [9.17, 15) is 19.3 Å². The first-order valence-corrected chi connectivity index (χ1v) is 9.93. The van der Waals surface area contributed by atoms with Crippen molar-refractivity contribution in [1.29, 1.82) is 0 Å². The molecule has 0 aliphatic carbocycles. The van der Waals surface area contributed by atoms with E-state index in [1.807, 2.05) is 31.2 Å². The SMILES string of the molecule is Cc1ccc(-c2n[nH]c3c2[C@H](c2ccccc2[N+](=O)[O-])N(c2ccc(F)cc2)C3=O)cc1. The minimum absolute atomic E-state index is 0.110. The molecule has 0 radical (unpaired) electrons. The second-order valence-electron chi connectivity index (χ2n) is 7.60. The zero-order valence-electron chi connectivity index (χ0n) is 16.9. The molecule has 3 aromatic carbocycles. The third kappa shape index (κ3) is 3.04. The van der Waals surface area contributed by atoms with Crippen molar-refractivity contribution in [3.63, 3.8) is 0 Å². The van der Waals surface area contributed by atoms with Crippen LogP contribution in [-0.2, 0) is 0 Å². The average Bonchev–Trinajstić information content (AvgIpc) is 3.34. The monoisotopic (exact) mass is 428 g/mol. The van der Waals surface area contributed by atoms with E-state index < -0.39 is 16.8 Å². The minimum atomic E-state index is -0.806. The Kier molecular flexibility index (Phi) is 4.55. The Labute approximate surface area is 182 Å². The van der Waals surface area contributed by atoms with Gasteiger partial charge in [-0.1, -0.05) is 42.0 Å². The van der Waals surface area contributed by atoms with Crippen LogP contribution in [0.25, 0.3) is 11.3 Å². The number of nitrogens with zero attached hydrogens (tertiary/aromatic N) is 3. The van der Waals surface area contributed by atoms with Crippen LogP contribution in [0.15, 0.2) is 72.8 Å². The molecule has 1 N–H and O–H groups in total. The fourth-order valence-electron chi connectivity index (χ4n) is 4.13. The molecule has 5 rings (SSSR count). The van der Waals surface area contributed by atoms with Crippen LogP contribution >= 0.6 is 0 Å². The van der Waals surface area contributed by atoms with Crippen LogP contribution in [0.3, 0.4) is 0 Å². The molecular weight excluding hydrogens is 411 g/mol. The maximum atomic E-state index is 13.6. The number of para-hydroxylation sites is 1. The number of H-pyrrole nitrogens is 1. The Hall–Kier alpha value is -4.33. The summed E-state index contributed by atoms with van der Waals surface area (Å²) in [4.78, 5) is 26.2. The van der Waals surface area contributed by atoms with Gasteiger partial charge in [0.1, 0.15) is 11.5 Å². The van der Waals surface area contributed by atoms with Crippen LogP contribution < -0.4 is 4.90 Å². The molecule has 0 unspecified atom stereocenters. The number of nitrogens with one attached hydrogen (secondary N) is 1. The van der Waals surface area contributed by atoms with E-state index in [0.717, 1.165) is 11.1 Å². The molecule has 1 amide bonds. The van der Waals surface area contributed by atoms with E-state index in [2.05, 4.69) is 10.2 Å². The molecule has 7 nitrogen and oxygen atoms in total. The number of hydrogen-bond acceptors (Lipinski definition) is 4. The molecule has 0 saturated heterocycles. The zero-order chi connectivity index (χ0) is 22.4. The molecule has 0 bridgehead atoms.